The zero-order valence-electron chi connectivity index (χ0n) is 15.1. The maximum absolute atomic E-state index is 12.9. The molecule has 0 bridgehead atoms. The van der Waals surface area contributed by atoms with Crippen LogP contribution in [0.4, 0.5) is 5.69 Å². The molecule has 0 saturated carbocycles. The van der Waals surface area contributed by atoms with Crippen LogP contribution in [0.3, 0.4) is 0 Å². The number of ketones is 1. The van der Waals surface area contributed by atoms with Gasteiger partial charge in [-0.2, -0.15) is 0 Å². The molecule has 25 heavy (non-hydrogen) atoms. The molecule has 2 rings (SSSR count). The summed E-state index contributed by atoms with van der Waals surface area (Å²) in [7, 11) is 3.28. The highest BCUT2D eigenvalue weighted by Crippen LogP contribution is 2.27. The molecule has 0 fully saturated rings. The molecule has 0 saturated heterocycles. The molecule has 0 unspecified atom stereocenters. The van der Waals surface area contributed by atoms with Crippen molar-refractivity contribution in [3.63, 3.8) is 0 Å². The topological polar surface area (TPSA) is 60.9 Å². The van der Waals surface area contributed by atoms with E-state index in [4.69, 9.17) is 0 Å². The summed E-state index contributed by atoms with van der Waals surface area (Å²) in [5, 5.41) is 10.4. The minimum absolute atomic E-state index is 0.0819. The number of phenolic OH excluding ortho intramolecular Hbond substituents is 1. The van der Waals surface area contributed by atoms with Gasteiger partial charge in [-0.1, -0.05) is 18.2 Å². The predicted octanol–water partition coefficient (Wildman–Crippen LogP) is 3.17. The van der Waals surface area contributed by atoms with E-state index in [0.717, 1.165) is 18.8 Å². The molecule has 0 heterocycles. The number of amides is 1. The van der Waals surface area contributed by atoms with Gasteiger partial charge < -0.3 is 14.9 Å². The van der Waals surface area contributed by atoms with E-state index >= 15 is 0 Å². The van der Waals surface area contributed by atoms with Crippen LogP contribution in [0, 0.1) is 0 Å². The highest BCUT2D eigenvalue weighted by atomic mass is 16.3. The first-order valence-corrected chi connectivity index (χ1v) is 8.34. The van der Waals surface area contributed by atoms with Crippen molar-refractivity contribution in [2.24, 2.45) is 0 Å². The fourth-order valence-electron chi connectivity index (χ4n) is 2.75. The van der Waals surface area contributed by atoms with Gasteiger partial charge in [0.05, 0.1) is 11.1 Å². The number of carbonyl (C=O) groups is 2. The quantitative estimate of drug-likeness (QED) is 0.821. The molecule has 0 aromatic heterocycles. The molecule has 0 aliphatic carbocycles. The first-order chi connectivity index (χ1) is 11.9. The fraction of sp³-hybridized carbons (Fsp3) is 0.300. The number of nitrogens with zero attached hydrogens (tertiary/aromatic N) is 2. The normalized spacial score (nSPS) is 10.4. The van der Waals surface area contributed by atoms with E-state index in [1.54, 1.807) is 50.5 Å². The van der Waals surface area contributed by atoms with E-state index in [1.165, 1.54) is 4.90 Å². The van der Waals surface area contributed by atoms with Gasteiger partial charge in [0.25, 0.3) is 5.91 Å². The number of carbonyl (C=O) groups excluding carboxylic acids is 2. The average molecular weight is 340 g/mol. The molecule has 1 amide bonds. The maximum atomic E-state index is 12.9. The van der Waals surface area contributed by atoms with Gasteiger partial charge in [0.1, 0.15) is 5.75 Å². The van der Waals surface area contributed by atoms with Crippen molar-refractivity contribution in [3.8, 4) is 5.75 Å². The summed E-state index contributed by atoms with van der Waals surface area (Å²) in [6, 6.07) is 11.7. The van der Waals surface area contributed by atoms with Crippen LogP contribution in [0.15, 0.2) is 42.5 Å². The van der Waals surface area contributed by atoms with Crippen molar-refractivity contribution in [1.82, 2.24) is 4.90 Å². The van der Waals surface area contributed by atoms with Crippen LogP contribution in [-0.4, -0.2) is 48.9 Å². The van der Waals surface area contributed by atoms with Gasteiger partial charge >= 0.3 is 0 Å². The second kappa shape index (κ2) is 7.83. The molecule has 5 nitrogen and oxygen atoms in total. The number of phenols is 1. The first kappa shape index (κ1) is 18.5. The lowest BCUT2D eigenvalue weighted by molar-refractivity contribution is 0.0822. The molecule has 0 aliphatic heterocycles. The summed E-state index contributed by atoms with van der Waals surface area (Å²) in [4.78, 5) is 28.7. The molecule has 5 heteroatoms. The summed E-state index contributed by atoms with van der Waals surface area (Å²) in [6.45, 7) is 5.68. The van der Waals surface area contributed by atoms with Crippen LogP contribution in [0.1, 0.15) is 40.1 Å². The Morgan fingerprint density at radius 3 is 2.04 bits per heavy atom. The van der Waals surface area contributed by atoms with Gasteiger partial charge in [-0.15, -0.1) is 0 Å². The fourth-order valence-corrected chi connectivity index (χ4v) is 2.75. The van der Waals surface area contributed by atoms with Gasteiger partial charge in [0.15, 0.2) is 5.78 Å². The van der Waals surface area contributed by atoms with E-state index < -0.39 is 0 Å². The molecule has 0 radical (unpaired) electrons. The predicted molar refractivity (Wildman–Crippen MR) is 99.6 cm³/mol. The van der Waals surface area contributed by atoms with Crippen LogP contribution in [0.5, 0.6) is 5.75 Å². The third-order valence-electron chi connectivity index (χ3n) is 4.16. The molecular formula is C20H24N2O3. The monoisotopic (exact) mass is 340 g/mol. The molecular weight excluding hydrogens is 316 g/mol. The second-order valence-corrected chi connectivity index (χ2v) is 5.95. The van der Waals surface area contributed by atoms with Crippen molar-refractivity contribution in [2.75, 3.05) is 32.1 Å². The Hall–Kier alpha value is -2.82. The molecule has 0 atom stereocenters. The number of benzene rings is 2. The Morgan fingerprint density at radius 1 is 0.920 bits per heavy atom. The van der Waals surface area contributed by atoms with Gasteiger partial charge in [-0.3, -0.25) is 9.59 Å². The third kappa shape index (κ3) is 3.82. The van der Waals surface area contributed by atoms with E-state index in [1.807, 2.05) is 19.9 Å². The standard InChI is InChI=1S/C20H24N2O3/c1-5-22(6-2)14-11-12-17(18(23)13-14)19(24)15-9-7-8-10-16(15)20(25)21(3)4/h7-13,23H,5-6H2,1-4H3. The van der Waals surface area contributed by atoms with Gasteiger partial charge in [-0.05, 0) is 32.0 Å². The van der Waals surface area contributed by atoms with E-state index in [2.05, 4.69) is 4.90 Å². The third-order valence-corrected chi connectivity index (χ3v) is 4.16. The Kier molecular flexibility index (Phi) is 5.80. The second-order valence-electron chi connectivity index (χ2n) is 5.95. The highest BCUT2D eigenvalue weighted by Gasteiger charge is 2.21. The first-order valence-electron chi connectivity index (χ1n) is 8.34. The van der Waals surface area contributed by atoms with Crippen LogP contribution in [0.2, 0.25) is 0 Å². The van der Waals surface area contributed by atoms with Crippen molar-refractivity contribution in [3.05, 3.63) is 59.2 Å². The van der Waals surface area contributed by atoms with E-state index in [-0.39, 0.29) is 28.6 Å². The van der Waals surface area contributed by atoms with Crippen LogP contribution in [0.25, 0.3) is 0 Å². The zero-order valence-corrected chi connectivity index (χ0v) is 15.1. The van der Waals surface area contributed by atoms with Crippen LogP contribution >= 0.6 is 0 Å². The SMILES string of the molecule is CCN(CC)c1ccc(C(=O)c2ccccc2C(=O)N(C)C)c(O)c1. The summed E-state index contributed by atoms with van der Waals surface area (Å²) < 4.78 is 0. The lowest BCUT2D eigenvalue weighted by atomic mass is 9.96. The molecule has 132 valence electrons. The lowest BCUT2D eigenvalue weighted by Crippen LogP contribution is -2.24. The van der Waals surface area contributed by atoms with Crippen molar-refractivity contribution < 1.29 is 14.7 Å². The van der Waals surface area contributed by atoms with Gasteiger partial charge in [-0.25, -0.2) is 0 Å². The summed E-state index contributed by atoms with van der Waals surface area (Å²) in [6.07, 6.45) is 0. The number of hydrogen-bond acceptors (Lipinski definition) is 4. The Balaban J connectivity index is 2.44. The molecule has 2 aromatic rings. The Labute approximate surface area is 148 Å². The van der Waals surface area contributed by atoms with Crippen LogP contribution in [-0.2, 0) is 0 Å². The minimum atomic E-state index is -0.366. The average Bonchev–Trinajstić information content (AvgIpc) is 2.61. The molecule has 0 spiro atoms. The molecule has 1 N–H and O–H groups in total. The van der Waals surface area contributed by atoms with Crippen molar-refractivity contribution in [1.29, 1.82) is 0 Å². The molecule has 0 aliphatic rings. The number of hydrogen-bond donors (Lipinski definition) is 1. The molecule has 2 aromatic carbocycles. The number of aromatic hydroxyl groups is 1. The van der Waals surface area contributed by atoms with E-state index in [0.29, 0.717) is 5.56 Å². The Bertz CT molecular complexity index is 780. The van der Waals surface area contributed by atoms with Gasteiger partial charge in [0.2, 0.25) is 0 Å². The van der Waals surface area contributed by atoms with Crippen LogP contribution < -0.4 is 4.90 Å². The minimum Gasteiger partial charge on any atom is -0.507 e. The van der Waals surface area contributed by atoms with Gasteiger partial charge in [0, 0.05) is 44.5 Å². The lowest BCUT2D eigenvalue weighted by Gasteiger charge is -2.21. The number of rotatable bonds is 6. The largest absolute Gasteiger partial charge is 0.507 e. The highest BCUT2D eigenvalue weighted by molar-refractivity contribution is 6.16. The summed E-state index contributed by atoms with van der Waals surface area (Å²) in [5.41, 5.74) is 1.66. The zero-order chi connectivity index (χ0) is 18.6. The maximum Gasteiger partial charge on any atom is 0.254 e. The van der Waals surface area contributed by atoms with E-state index in [9.17, 15) is 14.7 Å². The smallest absolute Gasteiger partial charge is 0.254 e. The Morgan fingerprint density at radius 2 is 1.52 bits per heavy atom. The van der Waals surface area contributed by atoms with Crippen molar-refractivity contribution >= 4 is 17.4 Å². The number of anilines is 1. The van der Waals surface area contributed by atoms with Crippen molar-refractivity contribution in [2.45, 2.75) is 13.8 Å². The summed E-state index contributed by atoms with van der Waals surface area (Å²) >= 11 is 0. The summed E-state index contributed by atoms with van der Waals surface area (Å²) in [5.74, 6) is -0.695.